The molecule has 4 rings (SSSR count). The number of morpholine rings is 1. The van der Waals surface area contributed by atoms with Crippen LogP contribution in [0.5, 0.6) is 5.75 Å². The van der Waals surface area contributed by atoms with Crippen LogP contribution in [-0.2, 0) is 14.3 Å². The lowest BCUT2D eigenvalue weighted by Gasteiger charge is -2.42. The average molecular weight is 473 g/mol. The van der Waals surface area contributed by atoms with Gasteiger partial charge in [0, 0.05) is 55.9 Å². The number of carbonyl (C=O) groups is 2. The number of nitrogens with one attached hydrogen (secondary N) is 1. The summed E-state index contributed by atoms with van der Waals surface area (Å²) in [7, 11) is 1.67. The molecule has 1 aromatic carbocycles. The molecule has 2 amide bonds. The monoisotopic (exact) mass is 472 g/mol. The van der Waals surface area contributed by atoms with E-state index >= 15 is 0 Å². The Labute approximate surface area is 199 Å². The molecule has 0 spiro atoms. The van der Waals surface area contributed by atoms with Gasteiger partial charge in [0.15, 0.2) is 0 Å². The minimum absolute atomic E-state index is 0.0180. The van der Waals surface area contributed by atoms with Crippen molar-refractivity contribution in [2.75, 3.05) is 64.5 Å². The maximum atomic E-state index is 12.7. The van der Waals surface area contributed by atoms with Crippen LogP contribution in [0.15, 0.2) is 41.8 Å². The first-order valence-corrected chi connectivity index (χ1v) is 12.3. The predicted octanol–water partition coefficient (Wildman–Crippen LogP) is 1.98. The summed E-state index contributed by atoms with van der Waals surface area (Å²) < 4.78 is 10.6. The van der Waals surface area contributed by atoms with E-state index in [4.69, 9.17) is 9.47 Å². The van der Waals surface area contributed by atoms with Crippen molar-refractivity contribution in [3.63, 3.8) is 0 Å². The van der Waals surface area contributed by atoms with Gasteiger partial charge in [0.2, 0.25) is 0 Å². The Morgan fingerprint density at radius 2 is 1.73 bits per heavy atom. The molecule has 2 aliphatic heterocycles. The van der Waals surface area contributed by atoms with Crippen molar-refractivity contribution in [2.45, 2.75) is 19.0 Å². The smallest absolute Gasteiger partial charge is 0.312 e. The van der Waals surface area contributed by atoms with Crippen LogP contribution in [0.25, 0.3) is 0 Å². The fraction of sp³-hybridized carbons (Fsp3) is 0.500. The Hall–Kier alpha value is -2.62. The zero-order chi connectivity index (χ0) is 23.2. The van der Waals surface area contributed by atoms with Gasteiger partial charge >= 0.3 is 11.8 Å². The standard InChI is InChI=1S/C24H32N4O4S/c1-18(25-23(29)24(30)28-13-15-32-16-14-28)22(21-4-3-17-33-21)27-11-9-26(10-12-27)19-5-7-20(31-2)8-6-19/h3-8,17-18,22H,9-16H2,1-2H3,(H,25,29)/t18-,22+/m1/s1. The highest BCUT2D eigenvalue weighted by molar-refractivity contribution is 7.10. The van der Waals surface area contributed by atoms with Gasteiger partial charge in [-0.15, -0.1) is 11.3 Å². The zero-order valence-electron chi connectivity index (χ0n) is 19.2. The quantitative estimate of drug-likeness (QED) is 0.649. The molecule has 0 unspecified atom stereocenters. The van der Waals surface area contributed by atoms with Crippen molar-refractivity contribution >= 4 is 28.8 Å². The molecule has 2 atom stereocenters. The van der Waals surface area contributed by atoms with Gasteiger partial charge in [-0.2, -0.15) is 0 Å². The molecular formula is C24H32N4O4S. The van der Waals surface area contributed by atoms with Crippen molar-refractivity contribution in [1.82, 2.24) is 15.1 Å². The maximum Gasteiger partial charge on any atom is 0.312 e. The number of anilines is 1. The van der Waals surface area contributed by atoms with E-state index in [1.165, 1.54) is 10.6 Å². The van der Waals surface area contributed by atoms with E-state index < -0.39 is 11.8 Å². The van der Waals surface area contributed by atoms with Crippen LogP contribution in [0.1, 0.15) is 17.8 Å². The number of carbonyl (C=O) groups excluding carboxylic acids is 2. The van der Waals surface area contributed by atoms with E-state index in [9.17, 15) is 9.59 Å². The number of ether oxygens (including phenoxy) is 2. The van der Waals surface area contributed by atoms with E-state index in [1.807, 2.05) is 25.1 Å². The third-order valence-corrected chi connectivity index (χ3v) is 7.25. The Morgan fingerprint density at radius 1 is 1.03 bits per heavy atom. The summed E-state index contributed by atoms with van der Waals surface area (Å²) in [5.74, 6) is -0.159. The number of rotatable bonds is 6. The third-order valence-electron chi connectivity index (χ3n) is 6.30. The molecule has 1 N–H and O–H groups in total. The highest BCUT2D eigenvalue weighted by atomic mass is 32.1. The fourth-order valence-corrected chi connectivity index (χ4v) is 5.47. The molecule has 3 heterocycles. The molecule has 0 aliphatic carbocycles. The van der Waals surface area contributed by atoms with Gasteiger partial charge in [-0.1, -0.05) is 6.07 Å². The predicted molar refractivity (Wildman–Crippen MR) is 129 cm³/mol. The lowest BCUT2D eigenvalue weighted by atomic mass is 10.0. The first kappa shape index (κ1) is 23.5. The number of benzene rings is 1. The average Bonchev–Trinajstić information content (AvgIpc) is 3.39. The maximum absolute atomic E-state index is 12.7. The molecular weight excluding hydrogens is 440 g/mol. The lowest BCUT2D eigenvalue weighted by molar-refractivity contribution is -0.149. The van der Waals surface area contributed by atoms with E-state index in [0.717, 1.165) is 31.9 Å². The third kappa shape index (κ3) is 5.66. The number of piperazine rings is 1. The van der Waals surface area contributed by atoms with Gasteiger partial charge < -0.3 is 24.6 Å². The van der Waals surface area contributed by atoms with Crippen LogP contribution in [0.4, 0.5) is 5.69 Å². The summed E-state index contributed by atoms with van der Waals surface area (Å²) in [5.41, 5.74) is 1.18. The Kier molecular flexibility index (Phi) is 7.85. The van der Waals surface area contributed by atoms with E-state index in [2.05, 4.69) is 38.7 Å². The van der Waals surface area contributed by atoms with Gasteiger partial charge in [0.05, 0.1) is 26.4 Å². The number of amides is 2. The minimum Gasteiger partial charge on any atom is -0.497 e. The fourth-order valence-electron chi connectivity index (χ4n) is 4.51. The van der Waals surface area contributed by atoms with Gasteiger partial charge in [-0.3, -0.25) is 14.5 Å². The van der Waals surface area contributed by atoms with Gasteiger partial charge in [-0.05, 0) is 42.6 Å². The molecule has 33 heavy (non-hydrogen) atoms. The molecule has 9 heteroatoms. The molecule has 2 fully saturated rings. The van der Waals surface area contributed by atoms with E-state index in [-0.39, 0.29) is 12.1 Å². The van der Waals surface area contributed by atoms with Crippen molar-refractivity contribution in [2.24, 2.45) is 0 Å². The van der Waals surface area contributed by atoms with Crippen molar-refractivity contribution in [3.05, 3.63) is 46.7 Å². The van der Waals surface area contributed by atoms with Crippen molar-refractivity contribution < 1.29 is 19.1 Å². The van der Waals surface area contributed by atoms with E-state index in [1.54, 1.807) is 23.3 Å². The molecule has 2 aliphatic rings. The molecule has 8 nitrogen and oxygen atoms in total. The highest BCUT2D eigenvalue weighted by Crippen LogP contribution is 2.30. The highest BCUT2D eigenvalue weighted by Gasteiger charge is 2.33. The second kappa shape index (κ2) is 11.0. The summed E-state index contributed by atoms with van der Waals surface area (Å²) in [6, 6.07) is 12.1. The minimum atomic E-state index is -0.539. The molecule has 178 valence electrons. The normalized spacial score (nSPS) is 19.1. The summed E-state index contributed by atoms with van der Waals surface area (Å²) in [6.45, 7) is 7.38. The largest absolute Gasteiger partial charge is 0.497 e. The summed E-state index contributed by atoms with van der Waals surface area (Å²) >= 11 is 1.69. The second-order valence-electron chi connectivity index (χ2n) is 8.35. The zero-order valence-corrected chi connectivity index (χ0v) is 20.1. The first-order valence-electron chi connectivity index (χ1n) is 11.4. The SMILES string of the molecule is COc1ccc(N2CCN([C@H](c3cccs3)[C@@H](C)NC(=O)C(=O)N3CCOCC3)CC2)cc1. The van der Waals surface area contributed by atoms with Crippen LogP contribution in [-0.4, -0.2) is 87.2 Å². The van der Waals surface area contributed by atoms with Crippen LogP contribution in [0, 0.1) is 0 Å². The Morgan fingerprint density at radius 3 is 2.33 bits per heavy atom. The van der Waals surface area contributed by atoms with Gasteiger partial charge in [0.25, 0.3) is 0 Å². The number of thiophene rings is 1. The van der Waals surface area contributed by atoms with Crippen LogP contribution < -0.4 is 15.0 Å². The number of hydrogen-bond donors (Lipinski definition) is 1. The van der Waals surface area contributed by atoms with Crippen LogP contribution >= 0.6 is 11.3 Å². The topological polar surface area (TPSA) is 74.4 Å². The van der Waals surface area contributed by atoms with Gasteiger partial charge in [-0.25, -0.2) is 0 Å². The van der Waals surface area contributed by atoms with Crippen LogP contribution in [0.3, 0.4) is 0 Å². The van der Waals surface area contributed by atoms with Gasteiger partial charge in [0.1, 0.15) is 5.75 Å². The molecule has 1 aromatic heterocycles. The summed E-state index contributed by atoms with van der Waals surface area (Å²) in [4.78, 5) is 32.9. The number of nitrogens with zero attached hydrogens (tertiary/aromatic N) is 3. The molecule has 2 aromatic rings. The number of methoxy groups -OCH3 is 1. The Bertz CT molecular complexity index is 907. The second-order valence-corrected chi connectivity index (χ2v) is 9.33. The first-order chi connectivity index (χ1) is 16.1. The summed E-state index contributed by atoms with van der Waals surface area (Å²) in [5, 5.41) is 5.04. The number of hydrogen-bond acceptors (Lipinski definition) is 7. The molecule has 0 radical (unpaired) electrons. The molecule has 2 saturated heterocycles. The van der Waals surface area contributed by atoms with E-state index in [0.29, 0.717) is 26.3 Å². The van der Waals surface area contributed by atoms with Crippen molar-refractivity contribution in [3.8, 4) is 5.75 Å². The van der Waals surface area contributed by atoms with Crippen LogP contribution in [0.2, 0.25) is 0 Å². The van der Waals surface area contributed by atoms with Crippen molar-refractivity contribution in [1.29, 1.82) is 0 Å². The Balaban J connectivity index is 1.40. The molecule has 0 saturated carbocycles. The summed E-state index contributed by atoms with van der Waals surface area (Å²) in [6.07, 6.45) is 0. The lowest BCUT2D eigenvalue weighted by Crippen LogP contribution is -2.54. The molecule has 0 bridgehead atoms.